The molecule has 296 valence electrons. The van der Waals surface area contributed by atoms with Crippen molar-refractivity contribution in [3.8, 4) is 0 Å². The molecule has 0 fully saturated rings. The second-order valence-electron chi connectivity index (χ2n) is 16.3. The van der Waals surface area contributed by atoms with Gasteiger partial charge in [-0.1, -0.05) is 231 Å². The molecule has 0 amide bonds. The Kier molecular flexibility index (Phi) is 30.7. The number of rotatable bonds is 37. The van der Waals surface area contributed by atoms with Crippen LogP contribution in [0.15, 0.2) is 48.8 Å². The number of aryl methyl sites for hydroxylation is 1. The van der Waals surface area contributed by atoms with Gasteiger partial charge in [0.25, 0.3) is 0 Å². The lowest BCUT2D eigenvalue weighted by Gasteiger charge is -2.25. The zero-order chi connectivity index (χ0) is 37.0. The van der Waals surface area contributed by atoms with E-state index in [2.05, 4.69) is 91.3 Å². The number of hydrogen-bond acceptors (Lipinski definition) is 1. The van der Waals surface area contributed by atoms with Gasteiger partial charge >= 0.3 is 0 Å². The van der Waals surface area contributed by atoms with E-state index in [4.69, 9.17) is 0 Å². The Morgan fingerprint density at radius 2 is 0.635 bits per heavy atom. The number of anilines is 1. The fourth-order valence-electron chi connectivity index (χ4n) is 7.68. The van der Waals surface area contributed by atoms with Crippen molar-refractivity contribution in [3.05, 3.63) is 59.9 Å². The maximum atomic E-state index is 2.69. The Balaban J connectivity index is 1.61. The minimum Gasteiger partial charge on any atom is -0.372 e. The Morgan fingerprint density at radius 1 is 0.365 bits per heavy atom. The second-order valence-corrected chi connectivity index (χ2v) is 16.3. The summed E-state index contributed by atoms with van der Waals surface area (Å²) in [7, 11) is 2.07. The summed E-state index contributed by atoms with van der Waals surface area (Å²) in [6, 6.07) is 13.7. The van der Waals surface area contributed by atoms with Gasteiger partial charge in [0, 0.05) is 30.9 Å². The van der Waals surface area contributed by atoms with Crippen LogP contribution in [0.4, 0.5) is 5.69 Å². The standard InChI is InChI=1S/C50H87N2/c1-4-6-8-10-12-14-16-18-20-22-24-26-28-30-32-34-44-52(50-40-38-48(39-41-50)36-37-49-42-46-51(3)47-43-49)45-35-33-31-29-27-25-23-21-19-17-15-13-11-9-7-5-2/h36-43,46-47H,4-35,44-45H2,1-3H3/q+1. The van der Waals surface area contributed by atoms with Gasteiger partial charge in [0.1, 0.15) is 7.05 Å². The predicted octanol–water partition coefficient (Wildman–Crippen LogP) is 16.0. The average Bonchev–Trinajstić information content (AvgIpc) is 3.16. The summed E-state index contributed by atoms with van der Waals surface area (Å²) < 4.78 is 2.08. The molecule has 2 aromatic rings. The van der Waals surface area contributed by atoms with Crippen LogP contribution in [0.25, 0.3) is 12.2 Å². The van der Waals surface area contributed by atoms with Gasteiger partial charge in [0.15, 0.2) is 12.4 Å². The van der Waals surface area contributed by atoms with E-state index < -0.39 is 0 Å². The fourth-order valence-corrected chi connectivity index (χ4v) is 7.68. The number of benzene rings is 1. The molecule has 0 aliphatic heterocycles. The molecule has 0 saturated carbocycles. The molecule has 0 radical (unpaired) electrons. The lowest BCUT2D eigenvalue weighted by atomic mass is 10.0. The second kappa shape index (κ2) is 34.7. The van der Waals surface area contributed by atoms with E-state index in [1.54, 1.807) is 0 Å². The summed E-state index contributed by atoms with van der Waals surface area (Å²) >= 11 is 0. The number of aromatic nitrogens is 1. The molecule has 0 atom stereocenters. The number of pyridine rings is 1. The van der Waals surface area contributed by atoms with Crippen molar-refractivity contribution in [2.24, 2.45) is 7.05 Å². The van der Waals surface area contributed by atoms with Crippen molar-refractivity contribution < 1.29 is 4.57 Å². The molecule has 2 nitrogen and oxygen atoms in total. The Hall–Kier alpha value is -2.09. The molecule has 2 rings (SSSR count). The highest BCUT2D eigenvalue weighted by Gasteiger charge is 2.07. The lowest BCUT2D eigenvalue weighted by molar-refractivity contribution is -0.671. The first-order chi connectivity index (χ1) is 25.7. The largest absolute Gasteiger partial charge is 0.372 e. The highest BCUT2D eigenvalue weighted by molar-refractivity contribution is 5.70. The highest BCUT2D eigenvalue weighted by atomic mass is 15.1. The molecule has 0 spiro atoms. The smallest absolute Gasteiger partial charge is 0.169 e. The molecular weight excluding hydrogens is 629 g/mol. The van der Waals surface area contributed by atoms with E-state index in [0.717, 1.165) is 0 Å². The molecule has 1 aromatic heterocycles. The van der Waals surface area contributed by atoms with Crippen LogP contribution in [-0.2, 0) is 7.05 Å². The Bertz CT molecular complexity index is 1000. The van der Waals surface area contributed by atoms with Crippen molar-refractivity contribution >= 4 is 17.8 Å². The zero-order valence-electron chi connectivity index (χ0n) is 35.2. The maximum Gasteiger partial charge on any atom is 0.169 e. The van der Waals surface area contributed by atoms with Gasteiger partial charge in [-0.15, -0.1) is 0 Å². The minimum atomic E-state index is 1.20. The van der Waals surface area contributed by atoms with Crippen LogP contribution in [0.2, 0.25) is 0 Å². The number of nitrogens with zero attached hydrogens (tertiary/aromatic N) is 2. The molecule has 2 heteroatoms. The molecule has 0 bridgehead atoms. The van der Waals surface area contributed by atoms with Gasteiger partial charge in [0.05, 0.1) is 0 Å². The molecule has 0 saturated heterocycles. The van der Waals surface area contributed by atoms with Crippen molar-refractivity contribution in [1.29, 1.82) is 0 Å². The van der Waals surface area contributed by atoms with Crippen molar-refractivity contribution in [1.82, 2.24) is 0 Å². The summed E-state index contributed by atoms with van der Waals surface area (Å²) in [6.07, 6.45) is 54.5. The molecule has 1 heterocycles. The average molecular weight is 716 g/mol. The Morgan fingerprint density at radius 3 is 0.942 bits per heavy atom. The van der Waals surface area contributed by atoms with E-state index >= 15 is 0 Å². The quantitative estimate of drug-likeness (QED) is 0.0499. The van der Waals surface area contributed by atoms with Gasteiger partial charge in [0.2, 0.25) is 0 Å². The first-order valence-electron chi connectivity index (χ1n) is 23.2. The molecule has 0 aliphatic carbocycles. The van der Waals surface area contributed by atoms with Crippen molar-refractivity contribution in [2.45, 2.75) is 219 Å². The van der Waals surface area contributed by atoms with Gasteiger partial charge in [-0.2, -0.15) is 0 Å². The normalized spacial score (nSPS) is 11.6. The maximum absolute atomic E-state index is 2.69. The van der Waals surface area contributed by atoms with Gasteiger partial charge in [-0.3, -0.25) is 0 Å². The molecular formula is C50H87N2+. The van der Waals surface area contributed by atoms with Crippen LogP contribution >= 0.6 is 0 Å². The highest BCUT2D eigenvalue weighted by Crippen LogP contribution is 2.21. The van der Waals surface area contributed by atoms with Crippen LogP contribution < -0.4 is 9.47 Å². The summed E-state index contributed by atoms with van der Waals surface area (Å²) in [4.78, 5) is 2.69. The minimum absolute atomic E-state index is 1.20. The summed E-state index contributed by atoms with van der Waals surface area (Å²) in [6.45, 7) is 7.02. The number of hydrogen-bond donors (Lipinski definition) is 0. The fraction of sp³-hybridized carbons (Fsp3) is 0.740. The van der Waals surface area contributed by atoms with E-state index in [9.17, 15) is 0 Å². The van der Waals surface area contributed by atoms with E-state index in [1.807, 2.05) is 0 Å². The topological polar surface area (TPSA) is 7.12 Å². The monoisotopic (exact) mass is 716 g/mol. The molecule has 0 aliphatic rings. The van der Waals surface area contributed by atoms with E-state index in [1.165, 1.54) is 235 Å². The lowest BCUT2D eigenvalue weighted by Crippen LogP contribution is -2.25. The molecule has 0 unspecified atom stereocenters. The predicted molar refractivity (Wildman–Crippen MR) is 234 cm³/mol. The van der Waals surface area contributed by atoms with Crippen molar-refractivity contribution in [2.75, 3.05) is 18.0 Å². The Labute approximate surface area is 325 Å². The third-order valence-corrected chi connectivity index (χ3v) is 11.3. The van der Waals surface area contributed by atoms with Crippen molar-refractivity contribution in [3.63, 3.8) is 0 Å². The summed E-state index contributed by atoms with van der Waals surface area (Å²) in [5, 5.41) is 0. The molecule has 1 aromatic carbocycles. The van der Waals surface area contributed by atoms with Crippen LogP contribution in [-0.4, -0.2) is 13.1 Å². The molecule has 0 N–H and O–H groups in total. The molecule has 52 heavy (non-hydrogen) atoms. The summed E-state index contributed by atoms with van der Waals surface area (Å²) in [5.74, 6) is 0. The van der Waals surface area contributed by atoms with Gasteiger partial charge < -0.3 is 4.90 Å². The van der Waals surface area contributed by atoms with E-state index in [-0.39, 0.29) is 0 Å². The first kappa shape index (κ1) is 46.1. The van der Waals surface area contributed by atoms with Crippen LogP contribution in [0, 0.1) is 0 Å². The summed E-state index contributed by atoms with van der Waals surface area (Å²) in [5.41, 5.74) is 3.93. The number of unbranched alkanes of at least 4 members (excludes halogenated alkanes) is 30. The van der Waals surface area contributed by atoms with Gasteiger partial charge in [-0.25, -0.2) is 4.57 Å². The van der Waals surface area contributed by atoms with Crippen LogP contribution in [0.5, 0.6) is 0 Å². The zero-order valence-corrected chi connectivity index (χ0v) is 35.2. The first-order valence-corrected chi connectivity index (χ1v) is 23.2. The third kappa shape index (κ3) is 26.6. The van der Waals surface area contributed by atoms with Crippen LogP contribution in [0.1, 0.15) is 230 Å². The van der Waals surface area contributed by atoms with E-state index in [0.29, 0.717) is 0 Å². The third-order valence-electron chi connectivity index (χ3n) is 11.3. The van der Waals surface area contributed by atoms with Gasteiger partial charge in [-0.05, 0) is 36.1 Å². The SMILES string of the molecule is CCCCCCCCCCCCCCCCCCN(CCCCCCCCCCCCCCCCCC)c1ccc(/C=C/c2cc[n+](C)cc2)cc1. The van der Waals surface area contributed by atoms with Crippen LogP contribution in [0.3, 0.4) is 0 Å².